The molecule has 0 heterocycles. The van der Waals surface area contributed by atoms with Crippen molar-refractivity contribution < 1.29 is 23.1 Å². The Balaban J connectivity index is 1.50. The zero-order valence-electron chi connectivity index (χ0n) is 17.3. The molecule has 3 N–H and O–H groups in total. The van der Waals surface area contributed by atoms with Gasteiger partial charge in [0.15, 0.2) is 0 Å². The lowest BCUT2D eigenvalue weighted by Crippen LogP contribution is -2.27. The van der Waals surface area contributed by atoms with Crippen molar-refractivity contribution in [3.05, 3.63) is 94.5 Å². The molecular formula is C24H19N3O5S. The molecule has 166 valence electrons. The van der Waals surface area contributed by atoms with Crippen LogP contribution in [0.4, 0.5) is 5.69 Å². The minimum Gasteiger partial charge on any atom is -0.478 e. The Morgan fingerprint density at radius 1 is 1.03 bits per heavy atom. The second-order valence-corrected chi connectivity index (χ2v) is 9.28. The van der Waals surface area contributed by atoms with Gasteiger partial charge < -0.3 is 10.4 Å². The van der Waals surface area contributed by atoms with Gasteiger partial charge in [-0.2, -0.15) is 5.26 Å². The third-order valence-corrected chi connectivity index (χ3v) is 6.97. The Hall–Kier alpha value is -4.00. The van der Waals surface area contributed by atoms with E-state index < -0.39 is 21.9 Å². The number of fused-ring (bicyclic) bond motifs is 1. The number of carboxylic acids is 1. The molecule has 9 heteroatoms. The van der Waals surface area contributed by atoms with Crippen LogP contribution in [0.15, 0.2) is 71.6 Å². The highest BCUT2D eigenvalue weighted by atomic mass is 32.2. The molecule has 0 fully saturated rings. The van der Waals surface area contributed by atoms with Crippen LogP contribution in [0, 0.1) is 11.3 Å². The molecule has 1 atom stereocenters. The molecule has 1 aliphatic carbocycles. The Morgan fingerprint density at radius 3 is 2.45 bits per heavy atom. The highest BCUT2D eigenvalue weighted by Crippen LogP contribution is 2.32. The van der Waals surface area contributed by atoms with Crippen molar-refractivity contribution in [1.82, 2.24) is 4.72 Å². The van der Waals surface area contributed by atoms with Crippen LogP contribution in [-0.4, -0.2) is 25.4 Å². The normalized spacial score (nSPS) is 14.8. The predicted molar refractivity (Wildman–Crippen MR) is 120 cm³/mol. The first-order chi connectivity index (χ1) is 15.8. The number of nitriles is 1. The molecule has 1 aliphatic rings. The van der Waals surface area contributed by atoms with Crippen LogP contribution in [0.3, 0.4) is 0 Å². The van der Waals surface area contributed by atoms with Crippen molar-refractivity contribution in [2.75, 3.05) is 5.32 Å². The van der Waals surface area contributed by atoms with Crippen molar-refractivity contribution in [1.29, 1.82) is 5.26 Å². The fourth-order valence-corrected chi connectivity index (χ4v) is 5.06. The summed E-state index contributed by atoms with van der Waals surface area (Å²) in [5, 5.41) is 20.8. The summed E-state index contributed by atoms with van der Waals surface area (Å²) in [5.74, 6) is -1.90. The number of carbonyl (C=O) groups excluding carboxylic acids is 1. The number of hydrogen-bond acceptors (Lipinski definition) is 5. The fraction of sp³-hybridized carbons (Fsp3) is 0.125. The topological polar surface area (TPSA) is 136 Å². The zero-order valence-corrected chi connectivity index (χ0v) is 18.1. The average Bonchev–Trinajstić information content (AvgIpc) is 3.21. The first-order valence-corrected chi connectivity index (χ1v) is 11.6. The number of carbonyl (C=O) groups is 2. The summed E-state index contributed by atoms with van der Waals surface area (Å²) in [6.45, 7) is 0. The van der Waals surface area contributed by atoms with E-state index in [9.17, 15) is 23.1 Å². The molecule has 0 aromatic heterocycles. The first kappa shape index (κ1) is 22.2. The summed E-state index contributed by atoms with van der Waals surface area (Å²) in [7, 11) is -3.80. The van der Waals surface area contributed by atoms with E-state index in [0.717, 1.165) is 17.5 Å². The van der Waals surface area contributed by atoms with Crippen LogP contribution in [0.2, 0.25) is 0 Å². The van der Waals surface area contributed by atoms with Gasteiger partial charge in [-0.05, 0) is 66.4 Å². The number of carboxylic acid groups (broad SMARTS) is 1. The number of anilines is 1. The summed E-state index contributed by atoms with van der Waals surface area (Å²) >= 11 is 0. The minimum absolute atomic E-state index is 0.0213. The zero-order chi connectivity index (χ0) is 23.6. The molecule has 33 heavy (non-hydrogen) atoms. The first-order valence-electron chi connectivity index (χ1n) is 10.1. The number of aryl methyl sites for hydroxylation is 1. The third kappa shape index (κ3) is 4.62. The number of nitrogens with zero attached hydrogens (tertiary/aromatic N) is 1. The van der Waals surface area contributed by atoms with Gasteiger partial charge in [0, 0.05) is 11.6 Å². The van der Waals surface area contributed by atoms with Gasteiger partial charge in [0.1, 0.15) is 0 Å². The molecule has 8 nitrogen and oxygen atoms in total. The lowest BCUT2D eigenvalue weighted by molar-refractivity contribution is 0.0698. The maximum atomic E-state index is 12.8. The molecule has 0 radical (unpaired) electrons. The maximum absolute atomic E-state index is 12.8. The van der Waals surface area contributed by atoms with Gasteiger partial charge in [-0.1, -0.05) is 24.3 Å². The number of hydrogen-bond donors (Lipinski definition) is 3. The Morgan fingerprint density at radius 2 is 1.76 bits per heavy atom. The highest BCUT2D eigenvalue weighted by Gasteiger charge is 2.27. The van der Waals surface area contributed by atoms with E-state index in [0.29, 0.717) is 6.42 Å². The van der Waals surface area contributed by atoms with Gasteiger partial charge in [-0.25, -0.2) is 17.9 Å². The lowest BCUT2D eigenvalue weighted by atomic mass is 10.1. The monoisotopic (exact) mass is 461 g/mol. The fourth-order valence-electron chi connectivity index (χ4n) is 3.81. The van der Waals surface area contributed by atoms with Crippen molar-refractivity contribution in [3.8, 4) is 6.07 Å². The van der Waals surface area contributed by atoms with Crippen molar-refractivity contribution in [2.45, 2.75) is 23.8 Å². The minimum atomic E-state index is -3.80. The molecule has 4 rings (SSSR count). The lowest BCUT2D eigenvalue weighted by Gasteiger charge is -2.15. The average molecular weight is 461 g/mol. The molecule has 1 amide bonds. The second-order valence-electron chi connectivity index (χ2n) is 7.57. The maximum Gasteiger partial charge on any atom is 0.337 e. The number of nitrogens with one attached hydrogen (secondary N) is 2. The third-order valence-electron chi connectivity index (χ3n) is 5.48. The summed E-state index contributed by atoms with van der Waals surface area (Å²) in [5.41, 5.74) is 2.21. The molecule has 0 spiro atoms. The van der Waals surface area contributed by atoms with E-state index in [1.165, 1.54) is 42.5 Å². The van der Waals surface area contributed by atoms with E-state index in [1.54, 1.807) is 0 Å². The van der Waals surface area contributed by atoms with Gasteiger partial charge >= 0.3 is 5.97 Å². The standard InChI is InChI=1S/C24H19N3O5S/c25-14-15-5-11-21(20(13-15)24(29)30)26-23(28)17-6-9-18(10-7-17)33(31,32)27-22-12-8-16-3-1-2-4-19(16)22/h1-7,9-11,13,22,27H,8,12H2,(H,26,28)(H,29,30). The molecule has 0 aliphatic heterocycles. The molecule has 0 saturated heterocycles. The SMILES string of the molecule is N#Cc1ccc(NC(=O)c2ccc(S(=O)(=O)NC3CCc4ccccc43)cc2)c(C(=O)O)c1. The van der Waals surface area contributed by atoms with E-state index in [-0.39, 0.29) is 33.3 Å². The summed E-state index contributed by atoms with van der Waals surface area (Å²) in [4.78, 5) is 24.1. The Bertz CT molecular complexity index is 1390. The van der Waals surface area contributed by atoms with Crippen LogP contribution in [0.1, 0.15) is 49.9 Å². The second kappa shape index (κ2) is 8.86. The number of aromatic carboxylic acids is 1. The molecule has 3 aromatic carbocycles. The van der Waals surface area contributed by atoms with Crippen LogP contribution >= 0.6 is 0 Å². The Labute approximate surface area is 190 Å². The van der Waals surface area contributed by atoms with Gasteiger partial charge in [0.05, 0.1) is 27.8 Å². The van der Waals surface area contributed by atoms with E-state index in [2.05, 4.69) is 10.0 Å². The van der Waals surface area contributed by atoms with Crippen molar-refractivity contribution in [2.24, 2.45) is 0 Å². The van der Waals surface area contributed by atoms with E-state index in [4.69, 9.17) is 5.26 Å². The van der Waals surface area contributed by atoms with Crippen molar-refractivity contribution in [3.63, 3.8) is 0 Å². The molecule has 3 aromatic rings. The van der Waals surface area contributed by atoms with E-state index in [1.807, 2.05) is 30.3 Å². The van der Waals surface area contributed by atoms with Crippen molar-refractivity contribution >= 4 is 27.6 Å². The van der Waals surface area contributed by atoms with Gasteiger partial charge in [0.2, 0.25) is 10.0 Å². The molecule has 0 saturated carbocycles. The quantitative estimate of drug-likeness (QED) is 0.514. The van der Waals surface area contributed by atoms with E-state index >= 15 is 0 Å². The van der Waals surface area contributed by atoms with Gasteiger partial charge in [-0.3, -0.25) is 4.79 Å². The molecule has 0 bridgehead atoms. The molecular weight excluding hydrogens is 442 g/mol. The number of benzene rings is 3. The number of rotatable bonds is 6. The summed E-state index contributed by atoms with van der Waals surface area (Å²) in [6, 6.07) is 18.5. The van der Waals surface area contributed by atoms with Crippen LogP contribution in [0.25, 0.3) is 0 Å². The summed E-state index contributed by atoms with van der Waals surface area (Å²) < 4.78 is 28.4. The highest BCUT2D eigenvalue weighted by molar-refractivity contribution is 7.89. The van der Waals surface area contributed by atoms with Crippen LogP contribution in [0.5, 0.6) is 0 Å². The number of sulfonamides is 1. The summed E-state index contributed by atoms with van der Waals surface area (Å²) in [6.07, 6.45) is 1.48. The smallest absolute Gasteiger partial charge is 0.337 e. The largest absolute Gasteiger partial charge is 0.478 e. The molecule has 1 unspecified atom stereocenters. The predicted octanol–water partition coefficient (Wildman–Crippen LogP) is 3.47. The van der Waals surface area contributed by atoms with Crippen LogP contribution in [-0.2, 0) is 16.4 Å². The van der Waals surface area contributed by atoms with Gasteiger partial charge in [-0.15, -0.1) is 0 Å². The van der Waals surface area contributed by atoms with Crippen LogP contribution < -0.4 is 10.0 Å². The Kier molecular flexibility index (Phi) is 5.96. The van der Waals surface area contributed by atoms with Gasteiger partial charge in [0.25, 0.3) is 5.91 Å². The number of amides is 1.